The molecule has 1 saturated carbocycles. The number of ether oxygens (including phenoxy) is 1. The molecule has 0 bridgehead atoms. The number of rotatable bonds is 6. The minimum Gasteiger partial charge on any atom is -0.483 e. The number of nitrogens with one attached hydrogen (secondary N) is 1. The summed E-state index contributed by atoms with van der Waals surface area (Å²) in [6.07, 6.45) is 1.64. The largest absolute Gasteiger partial charge is 0.483 e. The zero-order valence-electron chi connectivity index (χ0n) is 11.4. The Labute approximate surface area is 139 Å². The van der Waals surface area contributed by atoms with Gasteiger partial charge in [-0.15, -0.1) is 0 Å². The number of amides is 1. The van der Waals surface area contributed by atoms with E-state index in [4.69, 9.17) is 4.74 Å². The van der Waals surface area contributed by atoms with Crippen molar-refractivity contribution >= 4 is 43.7 Å². The molecule has 2 rings (SSSR count). The van der Waals surface area contributed by atoms with E-state index in [1.165, 1.54) is 0 Å². The first-order valence-corrected chi connectivity index (χ1v) is 8.04. The fraction of sp³-hybridized carbons (Fsp3) is 0.429. The summed E-state index contributed by atoms with van der Waals surface area (Å²) in [4.78, 5) is 23.3. The minimum atomic E-state index is -1.21. The van der Waals surface area contributed by atoms with E-state index in [0.29, 0.717) is 10.2 Å². The Hall–Kier alpha value is -1.08. The van der Waals surface area contributed by atoms with Crippen molar-refractivity contribution in [3.8, 4) is 5.75 Å². The van der Waals surface area contributed by atoms with Crippen LogP contribution in [-0.2, 0) is 9.59 Å². The van der Waals surface area contributed by atoms with Crippen molar-refractivity contribution in [1.82, 2.24) is 5.32 Å². The van der Waals surface area contributed by atoms with E-state index in [2.05, 4.69) is 37.2 Å². The van der Waals surface area contributed by atoms with Crippen LogP contribution in [0.1, 0.15) is 19.8 Å². The Kier molecular flexibility index (Phi) is 4.93. The highest BCUT2D eigenvalue weighted by Crippen LogP contribution is 2.39. The molecule has 114 valence electrons. The van der Waals surface area contributed by atoms with Crippen molar-refractivity contribution in [3.63, 3.8) is 0 Å². The fourth-order valence-electron chi connectivity index (χ4n) is 2.05. The molecule has 1 unspecified atom stereocenters. The number of aliphatic carboxylic acids is 1. The standard InChI is InChI=1S/C14H15Br2NO4/c1-14(13(19)20,8-2-3-8)17-12(18)7-21-11-5-4-9(15)6-10(11)16/h4-6,8H,2-3,7H2,1H3,(H,17,18)(H,19,20). The van der Waals surface area contributed by atoms with E-state index < -0.39 is 17.4 Å². The van der Waals surface area contributed by atoms with E-state index in [0.717, 1.165) is 17.3 Å². The number of halogens is 2. The Morgan fingerprint density at radius 1 is 1.43 bits per heavy atom. The van der Waals surface area contributed by atoms with Crippen molar-refractivity contribution in [2.24, 2.45) is 5.92 Å². The van der Waals surface area contributed by atoms with Crippen molar-refractivity contribution in [3.05, 3.63) is 27.1 Å². The second-order valence-corrected chi connectivity index (χ2v) is 6.96. The molecule has 0 radical (unpaired) electrons. The molecule has 1 aromatic carbocycles. The molecule has 1 amide bonds. The minimum absolute atomic E-state index is 0.00151. The summed E-state index contributed by atoms with van der Waals surface area (Å²) < 4.78 is 7.01. The summed E-state index contributed by atoms with van der Waals surface area (Å²) in [6.45, 7) is 1.32. The Bertz CT molecular complexity index is 574. The molecular weight excluding hydrogens is 406 g/mol. The molecule has 1 aromatic rings. The van der Waals surface area contributed by atoms with Crippen LogP contribution in [0, 0.1) is 5.92 Å². The number of hydrogen-bond acceptors (Lipinski definition) is 3. The topological polar surface area (TPSA) is 75.6 Å². The summed E-state index contributed by atoms with van der Waals surface area (Å²) in [5, 5.41) is 11.9. The van der Waals surface area contributed by atoms with Crippen LogP contribution in [-0.4, -0.2) is 29.1 Å². The molecule has 1 aliphatic rings. The number of carbonyl (C=O) groups excluding carboxylic acids is 1. The average molecular weight is 421 g/mol. The summed E-state index contributed by atoms with van der Waals surface area (Å²) >= 11 is 6.66. The highest BCUT2D eigenvalue weighted by molar-refractivity contribution is 9.11. The molecule has 1 aliphatic carbocycles. The van der Waals surface area contributed by atoms with Crippen LogP contribution in [0.15, 0.2) is 27.1 Å². The van der Waals surface area contributed by atoms with Gasteiger partial charge in [-0.1, -0.05) is 15.9 Å². The van der Waals surface area contributed by atoms with E-state index in [1.54, 1.807) is 25.1 Å². The monoisotopic (exact) mass is 419 g/mol. The van der Waals surface area contributed by atoms with Crippen LogP contribution in [0.5, 0.6) is 5.75 Å². The van der Waals surface area contributed by atoms with E-state index in [1.807, 2.05) is 0 Å². The van der Waals surface area contributed by atoms with Gasteiger partial charge in [0, 0.05) is 4.47 Å². The summed E-state index contributed by atoms with van der Waals surface area (Å²) in [5.41, 5.74) is -1.21. The van der Waals surface area contributed by atoms with Crippen LogP contribution in [0.3, 0.4) is 0 Å². The van der Waals surface area contributed by atoms with Gasteiger partial charge >= 0.3 is 5.97 Å². The van der Waals surface area contributed by atoms with E-state index in [9.17, 15) is 14.7 Å². The van der Waals surface area contributed by atoms with Crippen molar-refractivity contribution < 1.29 is 19.4 Å². The zero-order chi connectivity index (χ0) is 15.6. The maximum absolute atomic E-state index is 11.9. The van der Waals surface area contributed by atoms with Gasteiger partial charge in [-0.25, -0.2) is 4.79 Å². The third kappa shape index (κ3) is 3.97. The summed E-state index contributed by atoms with van der Waals surface area (Å²) in [6, 6.07) is 5.32. The third-order valence-corrected chi connectivity index (χ3v) is 4.60. The van der Waals surface area contributed by atoms with Crippen molar-refractivity contribution in [2.45, 2.75) is 25.3 Å². The van der Waals surface area contributed by atoms with Crippen LogP contribution < -0.4 is 10.1 Å². The molecule has 1 atom stereocenters. The summed E-state index contributed by atoms with van der Waals surface area (Å²) in [5.74, 6) is -0.931. The second kappa shape index (κ2) is 6.36. The lowest BCUT2D eigenvalue weighted by Crippen LogP contribution is -2.55. The lowest BCUT2D eigenvalue weighted by atomic mass is 9.96. The molecule has 0 heterocycles. The van der Waals surface area contributed by atoms with Gasteiger partial charge in [-0.3, -0.25) is 4.79 Å². The second-order valence-electron chi connectivity index (χ2n) is 5.19. The quantitative estimate of drug-likeness (QED) is 0.741. The van der Waals surface area contributed by atoms with E-state index in [-0.39, 0.29) is 12.5 Å². The third-order valence-electron chi connectivity index (χ3n) is 3.49. The lowest BCUT2D eigenvalue weighted by molar-refractivity contribution is -0.148. The molecule has 5 nitrogen and oxygen atoms in total. The van der Waals surface area contributed by atoms with Crippen molar-refractivity contribution in [1.29, 1.82) is 0 Å². The SMILES string of the molecule is CC(NC(=O)COc1ccc(Br)cc1Br)(C(=O)O)C1CC1. The maximum atomic E-state index is 11.9. The number of carbonyl (C=O) groups is 2. The molecule has 0 aromatic heterocycles. The Morgan fingerprint density at radius 3 is 2.62 bits per heavy atom. The molecule has 1 fully saturated rings. The van der Waals surface area contributed by atoms with Crippen LogP contribution >= 0.6 is 31.9 Å². The number of hydrogen-bond donors (Lipinski definition) is 2. The summed E-state index contributed by atoms with van der Waals surface area (Å²) in [7, 11) is 0. The van der Waals surface area contributed by atoms with Gasteiger partial charge in [-0.05, 0) is 59.8 Å². The van der Waals surface area contributed by atoms with Gasteiger partial charge in [0.05, 0.1) is 4.47 Å². The Morgan fingerprint density at radius 2 is 2.10 bits per heavy atom. The zero-order valence-corrected chi connectivity index (χ0v) is 14.5. The van der Waals surface area contributed by atoms with Gasteiger partial charge < -0.3 is 15.2 Å². The predicted octanol–water partition coefficient (Wildman–Crippen LogP) is 2.96. The molecule has 2 N–H and O–H groups in total. The smallest absolute Gasteiger partial charge is 0.329 e. The first-order valence-electron chi connectivity index (χ1n) is 6.45. The van der Waals surface area contributed by atoms with Gasteiger partial charge in [-0.2, -0.15) is 0 Å². The molecule has 0 spiro atoms. The lowest BCUT2D eigenvalue weighted by Gasteiger charge is -2.26. The predicted molar refractivity (Wildman–Crippen MR) is 84.2 cm³/mol. The first kappa shape index (κ1) is 16.3. The number of carboxylic acids is 1. The van der Waals surface area contributed by atoms with Crippen molar-refractivity contribution in [2.75, 3.05) is 6.61 Å². The van der Waals surface area contributed by atoms with Gasteiger partial charge in [0.15, 0.2) is 6.61 Å². The molecule has 7 heteroatoms. The Balaban J connectivity index is 1.94. The van der Waals surface area contributed by atoms with Gasteiger partial charge in [0.2, 0.25) is 0 Å². The molecule has 21 heavy (non-hydrogen) atoms. The number of benzene rings is 1. The van der Waals surface area contributed by atoms with Gasteiger partial charge in [0.1, 0.15) is 11.3 Å². The average Bonchev–Trinajstić information content (AvgIpc) is 3.21. The normalized spacial score (nSPS) is 16.9. The first-order chi connectivity index (χ1) is 9.83. The fourth-order valence-corrected chi connectivity index (χ4v) is 3.21. The highest BCUT2D eigenvalue weighted by atomic mass is 79.9. The van der Waals surface area contributed by atoms with Crippen LogP contribution in [0.2, 0.25) is 0 Å². The van der Waals surface area contributed by atoms with Crippen LogP contribution in [0.25, 0.3) is 0 Å². The van der Waals surface area contributed by atoms with Crippen LogP contribution in [0.4, 0.5) is 0 Å². The number of carboxylic acid groups (broad SMARTS) is 1. The highest BCUT2D eigenvalue weighted by Gasteiger charge is 2.48. The van der Waals surface area contributed by atoms with E-state index >= 15 is 0 Å². The molecule has 0 saturated heterocycles. The maximum Gasteiger partial charge on any atom is 0.329 e. The van der Waals surface area contributed by atoms with Gasteiger partial charge in [0.25, 0.3) is 5.91 Å². The molecule has 0 aliphatic heterocycles. The molecular formula is C14H15Br2NO4.